The van der Waals surface area contributed by atoms with E-state index in [4.69, 9.17) is 4.52 Å². The van der Waals surface area contributed by atoms with Crippen molar-refractivity contribution >= 4 is 0 Å². The minimum absolute atomic E-state index is 0.415. The van der Waals surface area contributed by atoms with Gasteiger partial charge in [0.25, 0.3) is 0 Å². The van der Waals surface area contributed by atoms with Crippen LogP contribution in [-0.2, 0) is 6.54 Å². The molecule has 4 heteroatoms. The molecule has 0 aliphatic carbocycles. The van der Waals surface area contributed by atoms with Crippen LogP contribution in [0, 0.1) is 0 Å². The Morgan fingerprint density at radius 2 is 2.08 bits per heavy atom. The Hall–Kier alpha value is -0.900. The van der Waals surface area contributed by atoms with Crippen LogP contribution < -0.4 is 5.32 Å². The van der Waals surface area contributed by atoms with E-state index in [1.54, 1.807) is 0 Å². The third-order valence-electron chi connectivity index (χ3n) is 2.15. The normalized spacial score (nSPS) is 11.1. The highest BCUT2D eigenvalue weighted by molar-refractivity contribution is 4.92. The summed E-state index contributed by atoms with van der Waals surface area (Å²) in [5, 5.41) is 6.86. The van der Waals surface area contributed by atoms with Crippen molar-refractivity contribution in [2.45, 2.75) is 39.2 Å². The van der Waals surface area contributed by atoms with Crippen molar-refractivity contribution in [1.29, 1.82) is 0 Å². The van der Waals surface area contributed by atoms with Crippen molar-refractivity contribution in [3.63, 3.8) is 0 Å². The van der Waals surface area contributed by atoms with Crippen LogP contribution in [0.1, 0.15) is 44.3 Å². The second-order valence-electron chi connectivity index (χ2n) is 3.09. The Bertz CT molecular complexity index is 243. The van der Waals surface area contributed by atoms with Crippen LogP contribution in [0.4, 0.5) is 0 Å². The maximum Gasteiger partial charge on any atom is 0.229 e. The van der Waals surface area contributed by atoms with Crippen LogP contribution in [0.5, 0.6) is 0 Å². The molecule has 0 aliphatic rings. The van der Waals surface area contributed by atoms with Crippen molar-refractivity contribution in [3.05, 3.63) is 11.7 Å². The van der Waals surface area contributed by atoms with Gasteiger partial charge >= 0.3 is 0 Å². The van der Waals surface area contributed by atoms with Crippen LogP contribution in [0.15, 0.2) is 4.52 Å². The number of hydrogen-bond donors (Lipinski definition) is 1. The van der Waals surface area contributed by atoms with E-state index in [1.807, 2.05) is 7.05 Å². The molecule has 0 bridgehead atoms. The lowest BCUT2D eigenvalue weighted by atomic mass is 10.0. The molecule has 0 unspecified atom stereocenters. The van der Waals surface area contributed by atoms with E-state index in [9.17, 15) is 0 Å². The summed E-state index contributed by atoms with van der Waals surface area (Å²) in [6.45, 7) is 4.94. The smallest absolute Gasteiger partial charge is 0.229 e. The molecule has 0 spiro atoms. The van der Waals surface area contributed by atoms with E-state index in [0.717, 1.165) is 24.6 Å². The van der Waals surface area contributed by atoms with Gasteiger partial charge in [-0.25, -0.2) is 0 Å². The van der Waals surface area contributed by atoms with Gasteiger partial charge in [0, 0.05) is 5.92 Å². The third kappa shape index (κ3) is 2.52. The zero-order chi connectivity index (χ0) is 9.68. The maximum atomic E-state index is 5.16. The highest BCUT2D eigenvalue weighted by atomic mass is 16.5. The summed E-state index contributed by atoms with van der Waals surface area (Å²) < 4.78 is 5.16. The van der Waals surface area contributed by atoms with Gasteiger partial charge in [-0.2, -0.15) is 4.98 Å². The molecule has 1 rings (SSSR count). The van der Waals surface area contributed by atoms with E-state index in [1.165, 1.54) is 0 Å². The van der Waals surface area contributed by atoms with E-state index in [2.05, 4.69) is 29.3 Å². The minimum Gasteiger partial charge on any atom is -0.339 e. The van der Waals surface area contributed by atoms with Gasteiger partial charge < -0.3 is 9.84 Å². The van der Waals surface area contributed by atoms with Gasteiger partial charge in [0.2, 0.25) is 5.89 Å². The number of rotatable bonds is 5. The van der Waals surface area contributed by atoms with Crippen LogP contribution in [0.25, 0.3) is 0 Å². The summed E-state index contributed by atoms with van der Waals surface area (Å²) in [7, 11) is 1.87. The van der Waals surface area contributed by atoms with E-state index >= 15 is 0 Å². The largest absolute Gasteiger partial charge is 0.339 e. The summed E-state index contributed by atoms with van der Waals surface area (Å²) in [6, 6.07) is 0. The van der Waals surface area contributed by atoms with E-state index in [0.29, 0.717) is 12.5 Å². The summed E-state index contributed by atoms with van der Waals surface area (Å²) in [4.78, 5) is 4.30. The molecular formula is C9H17N3O. The van der Waals surface area contributed by atoms with Crippen molar-refractivity contribution in [1.82, 2.24) is 15.5 Å². The average molecular weight is 183 g/mol. The molecular weight excluding hydrogens is 166 g/mol. The Morgan fingerprint density at radius 3 is 2.62 bits per heavy atom. The fourth-order valence-electron chi connectivity index (χ4n) is 1.30. The Balaban J connectivity index is 2.66. The lowest BCUT2D eigenvalue weighted by Gasteiger charge is -2.04. The highest BCUT2D eigenvalue weighted by Gasteiger charge is 2.14. The van der Waals surface area contributed by atoms with Gasteiger partial charge in [-0.15, -0.1) is 0 Å². The van der Waals surface area contributed by atoms with Crippen molar-refractivity contribution < 1.29 is 4.52 Å². The molecule has 0 amide bonds. The van der Waals surface area contributed by atoms with Crippen molar-refractivity contribution in [2.75, 3.05) is 7.05 Å². The molecule has 0 radical (unpaired) electrons. The van der Waals surface area contributed by atoms with E-state index < -0.39 is 0 Å². The fourth-order valence-corrected chi connectivity index (χ4v) is 1.30. The van der Waals surface area contributed by atoms with Gasteiger partial charge in [0.1, 0.15) is 0 Å². The molecule has 13 heavy (non-hydrogen) atoms. The average Bonchev–Trinajstić information content (AvgIpc) is 2.56. The van der Waals surface area contributed by atoms with Crippen LogP contribution in [-0.4, -0.2) is 17.2 Å². The minimum atomic E-state index is 0.415. The summed E-state index contributed by atoms with van der Waals surface area (Å²) >= 11 is 0. The van der Waals surface area contributed by atoms with Crippen molar-refractivity contribution in [3.8, 4) is 0 Å². The lowest BCUT2D eigenvalue weighted by molar-refractivity contribution is 0.342. The molecule has 0 saturated carbocycles. The molecule has 0 fully saturated rings. The molecule has 74 valence electrons. The molecule has 1 aromatic heterocycles. The predicted octanol–water partition coefficient (Wildman–Crippen LogP) is 1.69. The first kappa shape index (κ1) is 10.2. The third-order valence-corrected chi connectivity index (χ3v) is 2.15. The second kappa shape index (κ2) is 4.97. The van der Waals surface area contributed by atoms with Crippen molar-refractivity contribution in [2.24, 2.45) is 0 Å². The Kier molecular flexibility index (Phi) is 3.89. The maximum absolute atomic E-state index is 5.16. The van der Waals surface area contributed by atoms with E-state index in [-0.39, 0.29) is 0 Å². The van der Waals surface area contributed by atoms with Gasteiger partial charge in [-0.1, -0.05) is 19.0 Å². The summed E-state index contributed by atoms with van der Waals surface area (Å²) in [5.74, 6) is 1.93. The summed E-state index contributed by atoms with van der Waals surface area (Å²) in [6.07, 6.45) is 2.11. The summed E-state index contributed by atoms with van der Waals surface area (Å²) in [5.41, 5.74) is 0. The monoisotopic (exact) mass is 183 g/mol. The lowest BCUT2D eigenvalue weighted by Crippen LogP contribution is -2.06. The standard InChI is InChI=1S/C9H17N3O/c1-4-7(5-2)9-11-8(6-10-3)12-13-9/h7,10H,4-6H2,1-3H3. The molecule has 0 aromatic carbocycles. The molecule has 1 N–H and O–H groups in total. The second-order valence-corrected chi connectivity index (χ2v) is 3.09. The van der Waals surface area contributed by atoms with Crippen LogP contribution in [0.2, 0.25) is 0 Å². The zero-order valence-electron chi connectivity index (χ0n) is 8.50. The first-order valence-corrected chi connectivity index (χ1v) is 4.78. The van der Waals surface area contributed by atoms with Crippen LogP contribution in [0.3, 0.4) is 0 Å². The zero-order valence-corrected chi connectivity index (χ0v) is 8.50. The topological polar surface area (TPSA) is 51.0 Å². The van der Waals surface area contributed by atoms with Gasteiger partial charge in [-0.05, 0) is 19.9 Å². The van der Waals surface area contributed by atoms with Crippen LogP contribution >= 0.6 is 0 Å². The first-order valence-electron chi connectivity index (χ1n) is 4.78. The Labute approximate surface area is 78.7 Å². The molecule has 1 heterocycles. The predicted molar refractivity (Wildman–Crippen MR) is 50.4 cm³/mol. The molecule has 4 nitrogen and oxygen atoms in total. The SMILES string of the molecule is CCC(CC)c1nc(CNC)no1. The first-order chi connectivity index (χ1) is 6.31. The fraction of sp³-hybridized carbons (Fsp3) is 0.778. The molecule has 0 atom stereocenters. The highest BCUT2D eigenvalue weighted by Crippen LogP contribution is 2.20. The van der Waals surface area contributed by atoms with Gasteiger partial charge in [0.05, 0.1) is 6.54 Å². The Morgan fingerprint density at radius 1 is 1.38 bits per heavy atom. The molecule has 0 aliphatic heterocycles. The quantitative estimate of drug-likeness (QED) is 0.754. The number of aromatic nitrogens is 2. The number of nitrogens with zero attached hydrogens (tertiary/aromatic N) is 2. The number of hydrogen-bond acceptors (Lipinski definition) is 4. The molecule has 0 saturated heterocycles. The van der Waals surface area contributed by atoms with Gasteiger partial charge in [-0.3, -0.25) is 0 Å². The number of nitrogens with one attached hydrogen (secondary N) is 1. The van der Waals surface area contributed by atoms with Gasteiger partial charge in [0.15, 0.2) is 5.82 Å². The molecule has 1 aromatic rings.